The summed E-state index contributed by atoms with van der Waals surface area (Å²) in [7, 11) is 1.54. The van der Waals surface area contributed by atoms with E-state index in [-0.39, 0.29) is 36.1 Å². The Bertz CT molecular complexity index is 667. The lowest BCUT2D eigenvalue weighted by atomic mass is 10.0. The second-order valence-corrected chi connectivity index (χ2v) is 6.84. The minimum absolute atomic E-state index is 0.0642. The fraction of sp³-hybridized carbons (Fsp3) is 0.471. The maximum Gasteiger partial charge on any atom is 0.267 e. The third-order valence-corrected chi connectivity index (χ3v) is 3.37. The van der Waals surface area contributed by atoms with Crippen LogP contribution in [0.2, 0.25) is 0 Å². The predicted molar refractivity (Wildman–Crippen MR) is 88.0 cm³/mol. The summed E-state index contributed by atoms with van der Waals surface area (Å²) in [5, 5.41) is 6.66. The van der Waals surface area contributed by atoms with E-state index in [4.69, 9.17) is 4.84 Å². The highest BCUT2D eigenvalue weighted by Gasteiger charge is 2.32. The van der Waals surface area contributed by atoms with Gasteiger partial charge in [-0.05, 0) is 32.9 Å². The standard InChI is InChI=1S/C17H22FN3O3/c1-17(2,3)19-15(22)10-21(4)16(23)14-9-13(20-24-14)11-6-5-7-12(18)8-11/h5-8,14H,9-10H2,1-4H3,(H,19,22)/t14-/m1/s1. The summed E-state index contributed by atoms with van der Waals surface area (Å²) in [6, 6.07) is 5.96. The lowest BCUT2D eigenvalue weighted by molar-refractivity contribution is -0.143. The summed E-state index contributed by atoms with van der Waals surface area (Å²) in [6.07, 6.45) is -0.552. The van der Waals surface area contributed by atoms with Crippen LogP contribution in [0.1, 0.15) is 32.8 Å². The summed E-state index contributed by atoms with van der Waals surface area (Å²) in [4.78, 5) is 30.7. The summed E-state index contributed by atoms with van der Waals surface area (Å²) in [5.41, 5.74) is 0.734. The van der Waals surface area contributed by atoms with Gasteiger partial charge in [0.15, 0.2) is 0 Å². The van der Waals surface area contributed by atoms with Gasteiger partial charge in [0.05, 0.1) is 12.3 Å². The molecule has 6 nitrogen and oxygen atoms in total. The van der Waals surface area contributed by atoms with Crippen molar-refractivity contribution in [1.82, 2.24) is 10.2 Å². The second-order valence-electron chi connectivity index (χ2n) is 6.84. The molecular formula is C17H22FN3O3. The number of nitrogens with zero attached hydrogens (tertiary/aromatic N) is 2. The first-order chi connectivity index (χ1) is 11.2. The van der Waals surface area contributed by atoms with Crippen LogP contribution in [0, 0.1) is 5.82 Å². The highest BCUT2D eigenvalue weighted by atomic mass is 19.1. The Hall–Kier alpha value is -2.44. The van der Waals surface area contributed by atoms with E-state index in [1.54, 1.807) is 12.1 Å². The molecule has 0 saturated carbocycles. The normalized spacial score (nSPS) is 17.0. The minimum Gasteiger partial charge on any atom is -0.382 e. The van der Waals surface area contributed by atoms with E-state index < -0.39 is 6.10 Å². The monoisotopic (exact) mass is 335 g/mol. The maximum atomic E-state index is 13.3. The molecule has 1 heterocycles. The van der Waals surface area contributed by atoms with E-state index in [2.05, 4.69) is 10.5 Å². The summed E-state index contributed by atoms with van der Waals surface area (Å²) < 4.78 is 13.3. The van der Waals surface area contributed by atoms with E-state index in [1.165, 1.54) is 24.1 Å². The summed E-state index contributed by atoms with van der Waals surface area (Å²) in [5.74, 6) is -0.960. The van der Waals surface area contributed by atoms with Gasteiger partial charge in [0, 0.05) is 24.6 Å². The molecule has 0 aromatic heterocycles. The number of amides is 2. The van der Waals surface area contributed by atoms with E-state index in [9.17, 15) is 14.0 Å². The third-order valence-electron chi connectivity index (χ3n) is 3.37. The van der Waals surface area contributed by atoms with Gasteiger partial charge in [-0.15, -0.1) is 0 Å². The fourth-order valence-corrected chi connectivity index (χ4v) is 2.35. The van der Waals surface area contributed by atoms with Crippen molar-refractivity contribution in [3.63, 3.8) is 0 Å². The molecule has 0 unspecified atom stereocenters. The number of rotatable bonds is 4. The van der Waals surface area contributed by atoms with Crippen molar-refractivity contribution >= 4 is 17.5 Å². The highest BCUT2D eigenvalue weighted by molar-refractivity contribution is 6.04. The molecule has 1 N–H and O–H groups in total. The van der Waals surface area contributed by atoms with Crippen LogP contribution >= 0.6 is 0 Å². The van der Waals surface area contributed by atoms with E-state index >= 15 is 0 Å². The van der Waals surface area contributed by atoms with Gasteiger partial charge < -0.3 is 15.1 Å². The van der Waals surface area contributed by atoms with Crippen LogP contribution in [0.4, 0.5) is 4.39 Å². The topological polar surface area (TPSA) is 71.0 Å². The van der Waals surface area contributed by atoms with Crippen LogP contribution in [-0.4, -0.2) is 47.7 Å². The molecule has 1 atom stereocenters. The van der Waals surface area contributed by atoms with Gasteiger partial charge in [-0.25, -0.2) is 4.39 Å². The molecule has 0 bridgehead atoms. The lowest BCUT2D eigenvalue weighted by Gasteiger charge is -2.24. The second kappa shape index (κ2) is 6.98. The number of carbonyl (C=O) groups excluding carboxylic acids is 2. The first kappa shape index (κ1) is 17.9. The molecule has 0 fully saturated rings. The van der Waals surface area contributed by atoms with E-state index in [0.29, 0.717) is 11.3 Å². The molecule has 0 saturated heterocycles. The Balaban J connectivity index is 1.92. The maximum absolute atomic E-state index is 13.3. The molecule has 1 aromatic carbocycles. The SMILES string of the molecule is CN(CC(=O)NC(C)(C)C)C(=O)[C@H]1CC(c2cccc(F)c2)=NO1. The molecule has 0 radical (unpaired) electrons. The predicted octanol–water partition coefficient (Wildman–Crippen LogP) is 1.69. The number of hydrogen-bond donors (Lipinski definition) is 1. The number of benzene rings is 1. The highest BCUT2D eigenvalue weighted by Crippen LogP contribution is 2.18. The zero-order valence-electron chi connectivity index (χ0n) is 14.3. The zero-order valence-corrected chi connectivity index (χ0v) is 14.3. The number of carbonyl (C=O) groups is 2. The number of hydrogen-bond acceptors (Lipinski definition) is 4. The Labute approximate surface area is 140 Å². The summed E-state index contributed by atoms with van der Waals surface area (Å²) in [6.45, 7) is 5.54. The van der Waals surface area contributed by atoms with Crippen LogP contribution in [0.15, 0.2) is 29.4 Å². The summed E-state index contributed by atoms with van der Waals surface area (Å²) >= 11 is 0. The van der Waals surface area contributed by atoms with Crippen LogP contribution < -0.4 is 5.32 Å². The Kier molecular flexibility index (Phi) is 5.21. The van der Waals surface area contributed by atoms with Gasteiger partial charge in [-0.2, -0.15) is 0 Å². The van der Waals surface area contributed by atoms with Crippen LogP contribution in [0.25, 0.3) is 0 Å². The third kappa shape index (κ3) is 4.78. The molecule has 2 rings (SSSR count). The number of likely N-dealkylation sites (N-methyl/N-ethyl adjacent to an activating group) is 1. The molecule has 24 heavy (non-hydrogen) atoms. The van der Waals surface area contributed by atoms with Gasteiger partial charge in [0.1, 0.15) is 5.82 Å². The first-order valence-electron chi connectivity index (χ1n) is 7.70. The van der Waals surface area contributed by atoms with Crippen LogP contribution in [-0.2, 0) is 14.4 Å². The average molecular weight is 335 g/mol. The van der Waals surface area contributed by atoms with Crippen molar-refractivity contribution in [3.05, 3.63) is 35.6 Å². The van der Waals surface area contributed by atoms with Gasteiger partial charge in [0.2, 0.25) is 12.0 Å². The van der Waals surface area contributed by atoms with Crippen LogP contribution in [0.5, 0.6) is 0 Å². The molecule has 130 valence electrons. The van der Waals surface area contributed by atoms with Gasteiger partial charge in [-0.3, -0.25) is 9.59 Å². The number of halogens is 1. The first-order valence-corrected chi connectivity index (χ1v) is 7.70. The van der Waals surface area contributed by atoms with E-state index in [0.717, 1.165) is 0 Å². The van der Waals surface area contributed by atoms with Crippen molar-refractivity contribution in [2.24, 2.45) is 5.16 Å². The van der Waals surface area contributed by atoms with Crippen molar-refractivity contribution < 1.29 is 18.8 Å². The largest absolute Gasteiger partial charge is 0.382 e. The number of oxime groups is 1. The fourth-order valence-electron chi connectivity index (χ4n) is 2.35. The van der Waals surface area contributed by atoms with Crippen molar-refractivity contribution in [2.45, 2.75) is 38.8 Å². The van der Waals surface area contributed by atoms with Gasteiger partial charge >= 0.3 is 0 Å². The quantitative estimate of drug-likeness (QED) is 0.910. The molecule has 1 aromatic rings. The van der Waals surface area contributed by atoms with Crippen molar-refractivity contribution in [1.29, 1.82) is 0 Å². The minimum atomic E-state index is -0.796. The Morgan fingerprint density at radius 2 is 2.12 bits per heavy atom. The average Bonchev–Trinajstić information content (AvgIpc) is 2.94. The molecule has 2 amide bonds. The van der Waals surface area contributed by atoms with Crippen LogP contribution in [0.3, 0.4) is 0 Å². The van der Waals surface area contributed by atoms with Crippen molar-refractivity contribution in [3.8, 4) is 0 Å². The molecule has 0 spiro atoms. The molecule has 1 aliphatic rings. The smallest absolute Gasteiger partial charge is 0.267 e. The van der Waals surface area contributed by atoms with E-state index in [1.807, 2.05) is 20.8 Å². The zero-order chi connectivity index (χ0) is 17.9. The Morgan fingerprint density at radius 1 is 1.42 bits per heavy atom. The van der Waals surface area contributed by atoms with Gasteiger partial charge in [0.25, 0.3) is 5.91 Å². The molecule has 1 aliphatic heterocycles. The lowest BCUT2D eigenvalue weighted by Crippen LogP contribution is -2.48. The van der Waals surface area contributed by atoms with Crippen molar-refractivity contribution in [2.75, 3.05) is 13.6 Å². The van der Waals surface area contributed by atoms with Gasteiger partial charge in [-0.1, -0.05) is 17.3 Å². The molecule has 0 aliphatic carbocycles. The number of nitrogens with one attached hydrogen (secondary N) is 1. The molecule has 7 heteroatoms. The molecular weight excluding hydrogens is 313 g/mol. The Morgan fingerprint density at radius 3 is 2.75 bits per heavy atom.